The van der Waals surface area contributed by atoms with Gasteiger partial charge in [-0.1, -0.05) is 0 Å². The van der Waals surface area contributed by atoms with Gasteiger partial charge in [0.05, 0.1) is 6.67 Å². The van der Waals surface area contributed by atoms with Gasteiger partial charge < -0.3 is 20.4 Å². The van der Waals surface area contributed by atoms with Crippen LogP contribution in [0.25, 0.3) is 0 Å². The van der Waals surface area contributed by atoms with Crippen molar-refractivity contribution in [3.05, 3.63) is 11.4 Å². The molecule has 1 aliphatic heterocycles. The summed E-state index contributed by atoms with van der Waals surface area (Å²) >= 11 is 0. The molecular weight excluding hydrogens is 208 g/mol. The summed E-state index contributed by atoms with van der Waals surface area (Å²) in [6.45, 7) is 3.19. The highest BCUT2D eigenvalue weighted by Gasteiger charge is 2.33. The Hall–Kier alpha value is -1.72. The van der Waals surface area contributed by atoms with Crippen molar-refractivity contribution < 1.29 is 9.59 Å². The molecule has 0 atom stereocenters. The van der Waals surface area contributed by atoms with E-state index in [2.05, 4.69) is 10.6 Å². The summed E-state index contributed by atoms with van der Waals surface area (Å²) in [4.78, 5) is 27.1. The van der Waals surface area contributed by atoms with Crippen molar-refractivity contribution in [2.45, 2.75) is 6.92 Å². The van der Waals surface area contributed by atoms with E-state index in [0.29, 0.717) is 24.6 Å². The van der Waals surface area contributed by atoms with Crippen molar-refractivity contribution in [2.24, 2.45) is 0 Å². The summed E-state index contributed by atoms with van der Waals surface area (Å²) in [5, 5.41) is 5.10. The molecule has 6 nitrogen and oxygen atoms in total. The molecule has 0 bridgehead atoms. The van der Waals surface area contributed by atoms with Gasteiger partial charge in [-0.3, -0.25) is 9.59 Å². The van der Waals surface area contributed by atoms with Crippen LogP contribution < -0.4 is 10.6 Å². The van der Waals surface area contributed by atoms with Gasteiger partial charge in [0.2, 0.25) is 0 Å². The maximum absolute atomic E-state index is 11.7. The average Bonchev–Trinajstić information content (AvgIpc) is 2.64. The monoisotopic (exact) mass is 226 g/mol. The van der Waals surface area contributed by atoms with Crippen molar-refractivity contribution in [2.75, 3.05) is 34.4 Å². The summed E-state index contributed by atoms with van der Waals surface area (Å²) in [5.74, 6) is -0.471. The maximum atomic E-state index is 11.7. The van der Waals surface area contributed by atoms with Crippen LogP contribution in [0.3, 0.4) is 0 Å². The van der Waals surface area contributed by atoms with Crippen molar-refractivity contribution >= 4 is 11.8 Å². The van der Waals surface area contributed by atoms with Gasteiger partial charge in [0.15, 0.2) is 0 Å². The zero-order valence-corrected chi connectivity index (χ0v) is 10.1. The minimum Gasteiger partial charge on any atom is -0.354 e. The number of hydrogen-bond acceptors (Lipinski definition) is 4. The highest BCUT2D eigenvalue weighted by molar-refractivity contribution is 6.04. The van der Waals surface area contributed by atoms with E-state index in [1.54, 1.807) is 26.0 Å². The number of carbonyl (C=O) groups is 2. The largest absolute Gasteiger partial charge is 0.354 e. The molecular formula is C10H18N4O2. The summed E-state index contributed by atoms with van der Waals surface area (Å²) in [6, 6.07) is 0. The summed E-state index contributed by atoms with van der Waals surface area (Å²) < 4.78 is 0. The molecule has 0 aromatic rings. The van der Waals surface area contributed by atoms with E-state index in [9.17, 15) is 9.59 Å². The molecule has 0 unspecified atom stereocenters. The Balaban J connectivity index is 3.18. The third-order valence-electron chi connectivity index (χ3n) is 2.57. The number of likely N-dealkylation sites (N-methyl/N-ethyl adjacent to an activating group) is 4. The Morgan fingerprint density at radius 3 is 2.12 bits per heavy atom. The third-order valence-corrected chi connectivity index (χ3v) is 2.57. The van der Waals surface area contributed by atoms with E-state index in [1.165, 1.54) is 0 Å². The Morgan fingerprint density at radius 1 is 1.19 bits per heavy atom. The molecule has 0 fully saturated rings. The second-order valence-corrected chi connectivity index (χ2v) is 3.55. The molecule has 1 aliphatic rings. The van der Waals surface area contributed by atoms with Crippen LogP contribution in [0.4, 0.5) is 0 Å². The lowest BCUT2D eigenvalue weighted by atomic mass is 10.2. The first-order chi connectivity index (χ1) is 7.56. The molecule has 6 heteroatoms. The van der Waals surface area contributed by atoms with Crippen molar-refractivity contribution in [3.63, 3.8) is 0 Å². The fraction of sp³-hybridized carbons (Fsp3) is 0.600. The number of nitrogens with zero attached hydrogens (tertiary/aromatic N) is 2. The third kappa shape index (κ3) is 1.95. The SMILES string of the molecule is CCN1CN(C)C(C(=O)NC)=C1C(=O)NC. The van der Waals surface area contributed by atoms with Crippen LogP contribution in [0.2, 0.25) is 0 Å². The van der Waals surface area contributed by atoms with Crippen LogP contribution in [0, 0.1) is 0 Å². The van der Waals surface area contributed by atoms with E-state index < -0.39 is 0 Å². The lowest BCUT2D eigenvalue weighted by Gasteiger charge is -2.18. The van der Waals surface area contributed by atoms with E-state index in [1.807, 2.05) is 11.8 Å². The minimum atomic E-state index is -0.239. The maximum Gasteiger partial charge on any atom is 0.269 e. The lowest BCUT2D eigenvalue weighted by molar-refractivity contribution is -0.120. The number of rotatable bonds is 3. The van der Waals surface area contributed by atoms with Crippen LogP contribution in [-0.2, 0) is 9.59 Å². The molecule has 1 heterocycles. The first kappa shape index (κ1) is 12.4. The predicted octanol–water partition coefficient (Wildman–Crippen LogP) is -1.09. The molecule has 90 valence electrons. The molecule has 0 radical (unpaired) electrons. The van der Waals surface area contributed by atoms with Crippen LogP contribution in [0.1, 0.15) is 6.92 Å². The van der Waals surface area contributed by atoms with E-state index >= 15 is 0 Å². The number of carbonyl (C=O) groups excluding carboxylic acids is 2. The Kier molecular flexibility index (Phi) is 3.76. The molecule has 0 saturated carbocycles. The molecule has 0 spiro atoms. The van der Waals surface area contributed by atoms with Gasteiger partial charge in [-0.15, -0.1) is 0 Å². The van der Waals surface area contributed by atoms with Crippen LogP contribution in [-0.4, -0.2) is 56.0 Å². The van der Waals surface area contributed by atoms with E-state index in [0.717, 1.165) is 0 Å². The molecule has 16 heavy (non-hydrogen) atoms. The smallest absolute Gasteiger partial charge is 0.269 e. The number of hydrogen-bond donors (Lipinski definition) is 2. The second-order valence-electron chi connectivity index (χ2n) is 3.55. The van der Waals surface area contributed by atoms with Gasteiger partial charge in [0.25, 0.3) is 11.8 Å². The summed E-state index contributed by atoms with van der Waals surface area (Å²) in [5.41, 5.74) is 0.857. The lowest BCUT2D eigenvalue weighted by Crippen LogP contribution is -2.32. The van der Waals surface area contributed by atoms with Crippen molar-refractivity contribution in [1.82, 2.24) is 20.4 Å². The van der Waals surface area contributed by atoms with Gasteiger partial charge in [0, 0.05) is 27.7 Å². The normalized spacial score (nSPS) is 15.5. The molecule has 0 aromatic carbocycles. The molecule has 0 aliphatic carbocycles. The number of nitrogens with one attached hydrogen (secondary N) is 2. The Bertz CT molecular complexity index is 338. The second kappa shape index (κ2) is 4.87. The molecule has 2 amide bonds. The average molecular weight is 226 g/mol. The fourth-order valence-corrected chi connectivity index (χ4v) is 1.75. The highest BCUT2D eigenvalue weighted by Crippen LogP contribution is 2.22. The molecule has 1 rings (SSSR count). The molecule has 0 saturated heterocycles. The zero-order chi connectivity index (χ0) is 12.3. The minimum absolute atomic E-state index is 0.232. The number of amides is 2. The van der Waals surface area contributed by atoms with E-state index in [-0.39, 0.29) is 11.8 Å². The van der Waals surface area contributed by atoms with Gasteiger partial charge in [-0.25, -0.2) is 0 Å². The van der Waals surface area contributed by atoms with Gasteiger partial charge in [-0.2, -0.15) is 0 Å². The zero-order valence-electron chi connectivity index (χ0n) is 10.1. The van der Waals surface area contributed by atoms with Crippen LogP contribution in [0.15, 0.2) is 11.4 Å². The summed E-state index contributed by atoms with van der Waals surface area (Å²) in [7, 11) is 4.91. The van der Waals surface area contributed by atoms with Crippen LogP contribution in [0.5, 0.6) is 0 Å². The first-order valence-corrected chi connectivity index (χ1v) is 5.21. The predicted molar refractivity (Wildman–Crippen MR) is 60.2 cm³/mol. The molecule has 0 aromatic heterocycles. The Morgan fingerprint density at radius 2 is 1.69 bits per heavy atom. The summed E-state index contributed by atoms with van der Waals surface area (Å²) in [6.07, 6.45) is 0. The highest BCUT2D eigenvalue weighted by atomic mass is 16.2. The van der Waals surface area contributed by atoms with Crippen molar-refractivity contribution in [3.8, 4) is 0 Å². The quantitative estimate of drug-likeness (QED) is 0.642. The Labute approximate surface area is 95.3 Å². The van der Waals surface area contributed by atoms with Gasteiger partial charge in [-0.05, 0) is 6.92 Å². The van der Waals surface area contributed by atoms with E-state index in [4.69, 9.17) is 0 Å². The van der Waals surface area contributed by atoms with Gasteiger partial charge >= 0.3 is 0 Å². The first-order valence-electron chi connectivity index (χ1n) is 5.21. The van der Waals surface area contributed by atoms with Crippen LogP contribution >= 0.6 is 0 Å². The fourth-order valence-electron chi connectivity index (χ4n) is 1.75. The topological polar surface area (TPSA) is 64.7 Å². The molecule has 2 N–H and O–H groups in total. The van der Waals surface area contributed by atoms with Crippen molar-refractivity contribution in [1.29, 1.82) is 0 Å². The van der Waals surface area contributed by atoms with Gasteiger partial charge in [0.1, 0.15) is 11.4 Å². The standard InChI is InChI=1S/C10H18N4O2/c1-5-14-6-13(4)7(9(15)11-2)8(14)10(16)12-3/h5-6H2,1-4H3,(H,11,15)(H,12,16).